The molecule has 1 aliphatic rings. The van der Waals surface area contributed by atoms with Gasteiger partial charge in [-0.3, -0.25) is 4.79 Å². The van der Waals surface area contributed by atoms with Gasteiger partial charge in [0.1, 0.15) is 0 Å². The molecule has 0 aromatic carbocycles. The van der Waals surface area contributed by atoms with Gasteiger partial charge in [-0.15, -0.1) is 0 Å². The molecule has 0 aliphatic heterocycles. The smallest absolute Gasteiger partial charge is 0.227 e. The van der Waals surface area contributed by atoms with E-state index in [1.165, 1.54) is 5.69 Å². The molecule has 1 saturated carbocycles. The molecule has 4 nitrogen and oxygen atoms in total. The number of carbonyl (C=O) groups excluding carboxylic acids is 1. The average molecular weight is 277 g/mol. The Bertz CT molecular complexity index is 470. The van der Waals surface area contributed by atoms with Gasteiger partial charge in [0.05, 0.1) is 12.0 Å². The average Bonchev–Trinajstić information content (AvgIpc) is 2.77. The zero-order valence-corrected chi connectivity index (χ0v) is 12.9. The third-order valence-corrected chi connectivity index (χ3v) is 5.01. The van der Waals surface area contributed by atoms with Crippen LogP contribution in [0, 0.1) is 18.3 Å². The molecule has 1 aromatic rings. The Labute approximate surface area is 121 Å². The van der Waals surface area contributed by atoms with E-state index in [0.717, 1.165) is 37.3 Å². The predicted octanol–water partition coefficient (Wildman–Crippen LogP) is 2.10. The minimum atomic E-state index is -0.341. The highest BCUT2D eigenvalue weighted by Crippen LogP contribution is 2.38. The molecule has 0 unspecified atom stereocenters. The highest BCUT2D eigenvalue weighted by molar-refractivity contribution is 5.83. The van der Waals surface area contributed by atoms with Gasteiger partial charge < -0.3 is 15.6 Å². The third-order valence-electron chi connectivity index (χ3n) is 5.01. The second-order valence-corrected chi connectivity index (χ2v) is 6.37. The van der Waals surface area contributed by atoms with Crippen molar-refractivity contribution in [2.24, 2.45) is 24.1 Å². The summed E-state index contributed by atoms with van der Waals surface area (Å²) in [6.45, 7) is 5.36. The predicted molar refractivity (Wildman–Crippen MR) is 81.1 cm³/mol. The Hall–Kier alpha value is -1.29. The highest BCUT2D eigenvalue weighted by atomic mass is 16.2. The Morgan fingerprint density at radius 3 is 2.60 bits per heavy atom. The van der Waals surface area contributed by atoms with Crippen LogP contribution in [0.2, 0.25) is 0 Å². The highest BCUT2D eigenvalue weighted by Gasteiger charge is 2.39. The van der Waals surface area contributed by atoms with Crippen LogP contribution in [-0.2, 0) is 18.4 Å². The second-order valence-electron chi connectivity index (χ2n) is 6.37. The molecule has 20 heavy (non-hydrogen) atoms. The van der Waals surface area contributed by atoms with E-state index in [-0.39, 0.29) is 11.3 Å². The summed E-state index contributed by atoms with van der Waals surface area (Å²) in [4.78, 5) is 12.5. The monoisotopic (exact) mass is 277 g/mol. The molecule has 0 spiro atoms. The topological polar surface area (TPSA) is 60.1 Å². The van der Waals surface area contributed by atoms with Crippen LogP contribution in [0.25, 0.3) is 0 Å². The zero-order chi connectivity index (χ0) is 14.8. The van der Waals surface area contributed by atoms with Gasteiger partial charge in [-0.2, -0.15) is 0 Å². The van der Waals surface area contributed by atoms with Crippen LogP contribution in [0.5, 0.6) is 0 Å². The fourth-order valence-electron chi connectivity index (χ4n) is 3.04. The minimum absolute atomic E-state index is 0.130. The molecule has 0 saturated heterocycles. The lowest BCUT2D eigenvalue weighted by Gasteiger charge is -2.37. The van der Waals surface area contributed by atoms with E-state index in [9.17, 15) is 4.79 Å². The van der Waals surface area contributed by atoms with Gasteiger partial charge >= 0.3 is 0 Å². The molecular formula is C16H27N3O. The van der Waals surface area contributed by atoms with Crippen molar-refractivity contribution in [3.05, 3.63) is 23.5 Å². The fourth-order valence-corrected chi connectivity index (χ4v) is 3.04. The van der Waals surface area contributed by atoms with Crippen molar-refractivity contribution < 1.29 is 4.79 Å². The van der Waals surface area contributed by atoms with Crippen molar-refractivity contribution in [1.29, 1.82) is 0 Å². The third kappa shape index (κ3) is 2.90. The van der Waals surface area contributed by atoms with Gasteiger partial charge in [-0.05, 0) is 50.7 Å². The largest absolute Gasteiger partial charge is 0.350 e. The molecule has 4 heteroatoms. The lowest BCUT2D eigenvalue weighted by molar-refractivity contribution is -0.133. The molecule has 112 valence electrons. The first-order chi connectivity index (χ1) is 9.48. The van der Waals surface area contributed by atoms with E-state index in [1.54, 1.807) is 0 Å². The zero-order valence-electron chi connectivity index (χ0n) is 12.9. The summed E-state index contributed by atoms with van der Waals surface area (Å²) >= 11 is 0. The van der Waals surface area contributed by atoms with E-state index in [4.69, 9.17) is 5.73 Å². The molecule has 1 heterocycles. The Kier molecular flexibility index (Phi) is 4.53. The van der Waals surface area contributed by atoms with Crippen LogP contribution >= 0.6 is 0 Å². The van der Waals surface area contributed by atoms with Crippen molar-refractivity contribution in [3.8, 4) is 0 Å². The van der Waals surface area contributed by atoms with E-state index < -0.39 is 0 Å². The van der Waals surface area contributed by atoms with Gasteiger partial charge in [0.15, 0.2) is 0 Å². The van der Waals surface area contributed by atoms with Gasteiger partial charge in [0.2, 0.25) is 5.91 Å². The van der Waals surface area contributed by atoms with Gasteiger partial charge in [0.25, 0.3) is 0 Å². The molecule has 0 bridgehead atoms. The maximum absolute atomic E-state index is 12.5. The molecule has 2 rings (SSSR count). The number of hydrogen-bond acceptors (Lipinski definition) is 2. The molecule has 1 amide bonds. The molecule has 3 N–H and O–H groups in total. The first kappa shape index (κ1) is 15.1. The summed E-state index contributed by atoms with van der Waals surface area (Å²) in [7, 11) is 2.03. The number of hydrogen-bond donors (Lipinski definition) is 2. The Balaban J connectivity index is 1.98. The number of nitrogens with two attached hydrogens (primary N) is 1. The fraction of sp³-hybridized carbons (Fsp3) is 0.688. The molecule has 1 aromatic heterocycles. The lowest BCUT2D eigenvalue weighted by atomic mass is 9.70. The van der Waals surface area contributed by atoms with Crippen LogP contribution in [0.3, 0.4) is 0 Å². The van der Waals surface area contributed by atoms with Crippen molar-refractivity contribution >= 4 is 5.91 Å². The molecule has 0 radical (unpaired) electrons. The lowest BCUT2D eigenvalue weighted by Crippen LogP contribution is -2.47. The molecule has 0 atom stereocenters. The summed E-state index contributed by atoms with van der Waals surface area (Å²) in [5, 5.41) is 3.09. The summed E-state index contributed by atoms with van der Waals surface area (Å²) in [6, 6.07) is 4.14. The van der Waals surface area contributed by atoms with Crippen LogP contribution in [0.1, 0.15) is 44.0 Å². The van der Waals surface area contributed by atoms with Gasteiger partial charge in [-0.1, -0.05) is 6.92 Å². The minimum Gasteiger partial charge on any atom is -0.350 e. The molecule has 1 fully saturated rings. The second kappa shape index (κ2) is 6.00. The van der Waals surface area contributed by atoms with Crippen molar-refractivity contribution in [1.82, 2.24) is 9.88 Å². The SMILES string of the molecule is Cc1ccc(CNC(=O)C2(CN)CCC(C)CC2)n1C. The first-order valence-electron chi connectivity index (χ1n) is 7.58. The van der Waals surface area contributed by atoms with E-state index >= 15 is 0 Å². The number of carbonyl (C=O) groups is 1. The maximum Gasteiger partial charge on any atom is 0.227 e. The maximum atomic E-state index is 12.5. The van der Waals surface area contributed by atoms with Crippen LogP contribution < -0.4 is 11.1 Å². The van der Waals surface area contributed by atoms with E-state index in [1.807, 2.05) is 7.05 Å². The number of aromatic nitrogens is 1. The summed E-state index contributed by atoms with van der Waals surface area (Å²) in [5.74, 6) is 0.851. The van der Waals surface area contributed by atoms with E-state index in [0.29, 0.717) is 13.1 Å². The number of amides is 1. The van der Waals surface area contributed by atoms with Crippen LogP contribution in [0.15, 0.2) is 12.1 Å². The molecular weight excluding hydrogens is 250 g/mol. The standard InChI is InChI=1S/C16H27N3O/c1-12-6-8-16(11-17,9-7-12)15(20)18-10-14-5-4-13(2)19(14)3/h4-5,12H,6-11,17H2,1-3H3,(H,18,20). The summed E-state index contributed by atoms with van der Waals surface area (Å²) in [6.07, 6.45) is 4.05. The van der Waals surface area contributed by atoms with Crippen molar-refractivity contribution in [3.63, 3.8) is 0 Å². The normalized spacial score (nSPS) is 26.5. The van der Waals surface area contributed by atoms with Gasteiger partial charge in [-0.25, -0.2) is 0 Å². The number of rotatable bonds is 4. The summed E-state index contributed by atoms with van der Waals surface area (Å²) in [5.41, 5.74) is 7.92. The number of aryl methyl sites for hydroxylation is 1. The quantitative estimate of drug-likeness (QED) is 0.885. The molecule has 1 aliphatic carbocycles. The van der Waals surface area contributed by atoms with Crippen molar-refractivity contribution in [2.75, 3.05) is 6.54 Å². The Morgan fingerprint density at radius 2 is 2.10 bits per heavy atom. The number of nitrogens with one attached hydrogen (secondary N) is 1. The van der Waals surface area contributed by atoms with E-state index in [2.05, 4.69) is 35.9 Å². The Morgan fingerprint density at radius 1 is 1.45 bits per heavy atom. The van der Waals surface area contributed by atoms with Gasteiger partial charge in [0, 0.05) is 25.0 Å². The summed E-state index contributed by atoms with van der Waals surface area (Å²) < 4.78 is 2.11. The number of nitrogens with zero attached hydrogens (tertiary/aromatic N) is 1. The first-order valence-corrected chi connectivity index (χ1v) is 7.58. The van der Waals surface area contributed by atoms with Crippen LogP contribution in [0.4, 0.5) is 0 Å². The van der Waals surface area contributed by atoms with Crippen molar-refractivity contribution in [2.45, 2.75) is 46.1 Å². The van der Waals surface area contributed by atoms with Crippen LogP contribution in [-0.4, -0.2) is 17.0 Å².